The average Bonchev–Trinajstić information content (AvgIpc) is 3.42. The summed E-state index contributed by atoms with van der Waals surface area (Å²) in [5.74, 6) is 0.847. The Balaban J connectivity index is 1.29. The first-order valence-electron chi connectivity index (χ1n) is 11.7. The Bertz CT molecular complexity index is 1270. The van der Waals surface area contributed by atoms with Crippen molar-refractivity contribution in [2.24, 2.45) is 0 Å². The molecule has 1 unspecified atom stereocenters. The molecule has 4 aromatic rings. The van der Waals surface area contributed by atoms with Crippen molar-refractivity contribution in [3.05, 3.63) is 132 Å². The molecule has 0 amide bonds. The Morgan fingerprint density at radius 2 is 1.74 bits per heavy atom. The van der Waals surface area contributed by atoms with Crippen molar-refractivity contribution in [3.8, 4) is 5.75 Å². The molecule has 5 rings (SSSR count). The number of nitrogens with zero attached hydrogens (tertiary/aromatic N) is 3. The molecule has 1 aliphatic rings. The molecular formula is C29H27ClN4O. The van der Waals surface area contributed by atoms with Crippen molar-refractivity contribution < 1.29 is 4.74 Å². The summed E-state index contributed by atoms with van der Waals surface area (Å²) in [5.41, 5.74) is 4.54. The number of imidazole rings is 1. The van der Waals surface area contributed by atoms with E-state index in [1.165, 1.54) is 5.56 Å². The Morgan fingerprint density at radius 1 is 0.943 bits per heavy atom. The third-order valence-electron chi connectivity index (χ3n) is 5.93. The minimum absolute atomic E-state index is 0.00425. The molecule has 35 heavy (non-hydrogen) atoms. The van der Waals surface area contributed by atoms with Crippen LogP contribution >= 0.6 is 11.6 Å². The molecule has 6 heteroatoms. The van der Waals surface area contributed by atoms with E-state index in [2.05, 4.69) is 56.2 Å². The van der Waals surface area contributed by atoms with Crippen LogP contribution in [0, 0.1) is 0 Å². The zero-order valence-electron chi connectivity index (χ0n) is 19.3. The van der Waals surface area contributed by atoms with Gasteiger partial charge in [0.25, 0.3) is 0 Å². The van der Waals surface area contributed by atoms with Gasteiger partial charge in [-0.25, -0.2) is 4.98 Å². The minimum atomic E-state index is 0.00425. The van der Waals surface area contributed by atoms with Gasteiger partial charge in [0.05, 0.1) is 18.6 Å². The van der Waals surface area contributed by atoms with Gasteiger partial charge in [0.1, 0.15) is 11.9 Å². The molecule has 0 aliphatic carbocycles. The molecule has 0 saturated carbocycles. The summed E-state index contributed by atoms with van der Waals surface area (Å²) in [4.78, 5) is 6.34. The maximum atomic E-state index is 6.45. The predicted octanol–water partition coefficient (Wildman–Crippen LogP) is 6.50. The van der Waals surface area contributed by atoms with E-state index >= 15 is 0 Å². The first-order valence-corrected chi connectivity index (χ1v) is 12.1. The van der Waals surface area contributed by atoms with Crippen LogP contribution in [0.2, 0.25) is 5.02 Å². The van der Waals surface area contributed by atoms with Gasteiger partial charge in [-0.05, 0) is 60.4 Å². The van der Waals surface area contributed by atoms with Crippen LogP contribution in [-0.4, -0.2) is 15.7 Å². The van der Waals surface area contributed by atoms with E-state index in [-0.39, 0.29) is 6.10 Å². The number of halogens is 1. The number of ether oxygens (including phenoxy) is 1. The molecule has 3 aromatic carbocycles. The Labute approximate surface area is 211 Å². The standard InChI is InChI=1S/C29H27ClN4O/c30-25-9-6-23(7-10-25)8-13-28(21-33-18-16-32-22-33)35-27-14-11-26(12-15-27)34-19-17-31-20-29(34)24-4-2-1-3-5-24/h1-7,9-12,14-20,22,28,31H,8,13,21H2. The average molecular weight is 483 g/mol. The zero-order chi connectivity index (χ0) is 23.9. The van der Waals surface area contributed by atoms with Gasteiger partial charge in [0.15, 0.2) is 0 Å². The van der Waals surface area contributed by atoms with E-state index in [1.807, 2.05) is 73.6 Å². The van der Waals surface area contributed by atoms with E-state index in [9.17, 15) is 0 Å². The molecular weight excluding hydrogens is 456 g/mol. The Morgan fingerprint density at radius 3 is 2.49 bits per heavy atom. The van der Waals surface area contributed by atoms with Gasteiger partial charge >= 0.3 is 0 Å². The molecule has 1 aliphatic heterocycles. The normalized spacial score (nSPS) is 13.7. The molecule has 176 valence electrons. The highest BCUT2D eigenvalue weighted by atomic mass is 35.5. The lowest BCUT2D eigenvalue weighted by Gasteiger charge is -2.27. The van der Waals surface area contributed by atoms with Crippen LogP contribution in [0.1, 0.15) is 17.5 Å². The Hall–Kier alpha value is -3.96. The van der Waals surface area contributed by atoms with Gasteiger partial charge in [-0.3, -0.25) is 0 Å². The molecule has 0 saturated heterocycles. The first kappa shape index (κ1) is 22.8. The maximum absolute atomic E-state index is 6.45. The molecule has 0 fully saturated rings. The highest BCUT2D eigenvalue weighted by molar-refractivity contribution is 6.30. The van der Waals surface area contributed by atoms with Crippen molar-refractivity contribution in [2.75, 3.05) is 4.90 Å². The molecule has 0 bridgehead atoms. The zero-order valence-corrected chi connectivity index (χ0v) is 20.1. The van der Waals surface area contributed by atoms with Crippen LogP contribution in [0.5, 0.6) is 5.75 Å². The Kier molecular flexibility index (Phi) is 7.16. The number of anilines is 1. The molecule has 0 spiro atoms. The first-order chi connectivity index (χ1) is 17.2. The van der Waals surface area contributed by atoms with Crippen molar-refractivity contribution in [1.29, 1.82) is 0 Å². The van der Waals surface area contributed by atoms with Crippen LogP contribution in [-0.2, 0) is 13.0 Å². The SMILES string of the molecule is Clc1ccc(CCC(Cn2ccnc2)Oc2ccc(N3C=CNC=C3c3ccccc3)cc2)cc1. The smallest absolute Gasteiger partial charge is 0.119 e. The second kappa shape index (κ2) is 11.0. The lowest BCUT2D eigenvalue weighted by molar-refractivity contribution is 0.170. The predicted molar refractivity (Wildman–Crippen MR) is 142 cm³/mol. The number of benzene rings is 3. The van der Waals surface area contributed by atoms with Crippen molar-refractivity contribution >= 4 is 23.0 Å². The fraction of sp³-hybridized carbons (Fsp3) is 0.138. The summed E-state index contributed by atoms with van der Waals surface area (Å²) < 4.78 is 8.51. The molecule has 1 atom stereocenters. The second-order valence-electron chi connectivity index (χ2n) is 8.41. The quantitative estimate of drug-likeness (QED) is 0.296. The fourth-order valence-electron chi connectivity index (χ4n) is 4.12. The minimum Gasteiger partial charge on any atom is -0.489 e. The highest BCUT2D eigenvalue weighted by Crippen LogP contribution is 2.30. The van der Waals surface area contributed by atoms with Gasteiger partial charge in [0, 0.05) is 41.7 Å². The lowest BCUT2D eigenvalue weighted by Crippen LogP contribution is -2.24. The number of nitrogens with one attached hydrogen (secondary N) is 1. The molecule has 0 radical (unpaired) electrons. The van der Waals surface area contributed by atoms with Gasteiger partial charge in [-0.15, -0.1) is 0 Å². The van der Waals surface area contributed by atoms with Crippen molar-refractivity contribution in [3.63, 3.8) is 0 Å². The summed E-state index contributed by atoms with van der Waals surface area (Å²) in [6.45, 7) is 0.733. The monoisotopic (exact) mass is 482 g/mol. The van der Waals surface area contributed by atoms with Crippen LogP contribution in [0.3, 0.4) is 0 Å². The highest BCUT2D eigenvalue weighted by Gasteiger charge is 2.16. The number of hydrogen-bond acceptors (Lipinski definition) is 4. The second-order valence-corrected chi connectivity index (χ2v) is 8.84. The largest absolute Gasteiger partial charge is 0.489 e. The van der Waals surface area contributed by atoms with Gasteiger partial charge < -0.3 is 19.5 Å². The summed E-state index contributed by atoms with van der Waals surface area (Å²) >= 11 is 6.04. The van der Waals surface area contributed by atoms with Crippen LogP contribution in [0.15, 0.2) is 116 Å². The van der Waals surface area contributed by atoms with E-state index < -0.39 is 0 Å². The number of aryl methyl sites for hydroxylation is 1. The molecule has 1 N–H and O–H groups in total. The summed E-state index contributed by atoms with van der Waals surface area (Å²) in [6.07, 6.45) is 13.4. The molecule has 1 aromatic heterocycles. The van der Waals surface area contributed by atoms with E-state index in [1.54, 1.807) is 6.20 Å². The number of hydrogen-bond donors (Lipinski definition) is 1. The van der Waals surface area contributed by atoms with Crippen LogP contribution in [0.4, 0.5) is 5.69 Å². The summed E-state index contributed by atoms with van der Waals surface area (Å²) in [5, 5.41) is 3.95. The molecule has 2 heterocycles. The van der Waals surface area contributed by atoms with Gasteiger partial charge in [-0.2, -0.15) is 0 Å². The van der Waals surface area contributed by atoms with E-state index in [0.29, 0.717) is 0 Å². The number of aromatic nitrogens is 2. The van der Waals surface area contributed by atoms with E-state index in [0.717, 1.165) is 47.1 Å². The third kappa shape index (κ3) is 5.94. The third-order valence-corrected chi connectivity index (χ3v) is 6.18. The summed E-state index contributed by atoms with van der Waals surface area (Å²) in [7, 11) is 0. The lowest BCUT2D eigenvalue weighted by atomic mass is 10.1. The van der Waals surface area contributed by atoms with Crippen molar-refractivity contribution in [2.45, 2.75) is 25.5 Å². The maximum Gasteiger partial charge on any atom is 0.119 e. The van der Waals surface area contributed by atoms with Crippen molar-refractivity contribution in [1.82, 2.24) is 14.9 Å². The fourth-order valence-corrected chi connectivity index (χ4v) is 4.25. The van der Waals surface area contributed by atoms with Crippen LogP contribution in [0.25, 0.3) is 5.70 Å². The summed E-state index contributed by atoms with van der Waals surface area (Å²) in [6, 6.07) is 26.6. The van der Waals surface area contributed by atoms with Crippen LogP contribution < -0.4 is 15.0 Å². The molecule has 5 nitrogen and oxygen atoms in total. The topological polar surface area (TPSA) is 42.3 Å². The van der Waals surface area contributed by atoms with Gasteiger partial charge in [-0.1, -0.05) is 54.1 Å². The van der Waals surface area contributed by atoms with E-state index in [4.69, 9.17) is 16.3 Å². The number of rotatable bonds is 9. The van der Waals surface area contributed by atoms with Gasteiger partial charge in [0.2, 0.25) is 0 Å².